The second kappa shape index (κ2) is 14.2. The van der Waals surface area contributed by atoms with Gasteiger partial charge in [-0.3, -0.25) is 0 Å². The van der Waals surface area contributed by atoms with Gasteiger partial charge in [0, 0.05) is 0 Å². The average molecular weight is 219 g/mol. The van der Waals surface area contributed by atoms with Crippen LogP contribution in [0, 0.1) is 6.58 Å². The van der Waals surface area contributed by atoms with E-state index in [1.54, 1.807) is 6.08 Å². The first kappa shape index (κ1) is 15.2. The van der Waals surface area contributed by atoms with Crippen molar-refractivity contribution in [2.75, 3.05) is 0 Å². The van der Waals surface area contributed by atoms with Crippen LogP contribution in [0.15, 0.2) is 30.4 Å². The maximum Gasteiger partial charge on any atom is -0.0166 e. The smallest absolute Gasteiger partial charge is 0.0166 e. The van der Waals surface area contributed by atoms with E-state index < -0.39 is 0 Å². The molecule has 0 aromatic rings. The molecular formula is C16H27. The van der Waals surface area contributed by atoms with Gasteiger partial charge in [0.1, 0.15) is 0 Å². The Morgan fingerprint density at radius 2 is 1.25 bits per heavy atom. The van der Waals surface area contributed by atoms with Crippen LogP contribution in [0.1, 0.15) is 64.7 Å². The van der Waals surface area contributed by atoms with E-state index in [-0.39, 0.29) is 0 Å². The molecule has 0 aromatic heterocycles. The molecule has 0 N–H and O–H groups in total. The van der Waals surface area contributed by atoms with Gasteiger partial charge >= 0.3 is 0 Å². The minimum atomic E-state index is 0.900. The standard InChI is InChI=1S/C16H27/c1-3-5-7-9-11-13-15-16-14-12-10-8-6-4-2/h1,3,7,9,12,14H,4-6,8,10-11,13,15-16H2,2H3. The number of rotatable bonds is 11. The van der Waals surface area contributed by atoms with Gasteiger partial charge < -0.3 is 0 Å². The molecule has 0 aromatic carbocycles. The molecule has 0 nitrogen and oxygen atoms in total. The van der Waals surface area contributed by atoms with Crippen molar-refractivity contribution in [3.63, 3.8) is 0 Å². The Balaban J connectivity index is 3.11. The van der Waals surface area contributed by atoms with Crippen LogP contribution in [0.25, 0.3) is 0 Å². The van der Waals surface area contributed by atoms with Crippen LogP contribution in [0.3, 0.4) is 0 Å². The van der Waals surface area contributed by atoms with Crippen molar-refractivity contribution in [2.45, 2.75) is 64.7 Å². The summed E-state index contributed by atoms with van der Waals surface area (Å²) in [4.78, 5) is 0. The molecule has 0 unspecified atom stereocenters. The number of unbranched alkanes of at least 4 members (excludes halogenated alkanes) is 6. The Bertz CT molecular complexity index is 186. The van der Waals surface area contributed by atoms with E-state index in [2.05, 4.69) is 31.2 Å². The van der Waals surface area contributed by atoms with Crippen molar-refractivity contribution in [3.05, 3.63) is 37.0 Å². The van der Waals surface area contributed by atoms with E-state index in [4.69, 9.17) is 6.58 Å². The van der Waals surface area contributed by atoms with Crippen molar-refractivity contribution in [3.8, 4) is 0 Å². The van der Waals surface area contributed by atoms with E-state index in [0.717, 1.165) is 6.42 Å². The molecule has 0 rings (SSSR count). The lowest BCUT2D eigenvalue weighted by atomic mass is 10.1. The summed E-state index contributed by atoms with van der Waals surface area (Å²) in [5, 5.41) is 0. The van der Waals surface area contributed by atoms with Crippen LogP contribution < -0.4 is 0 Å². The molecule has 0 aliphatic carbocycles. The molecule has 0 saturated carbocycles. The molecule has 0 spiro atoms. The molecule has 0 heterocycles. The number of allylic oxidation sites excluding steroid dienone is 5. The second-order valence-corrected chi connectivity index (χ2v) is 4.19. The van der Waals surface area contributed by atoms with Gasteiger partial charge in [-0.15, -0.1) is 0 Å². The molecule has 0 heteroatoms. The van der Waals surface area contributed by atoms with E-state index in [1.807, 2.05) is 0 Å². The summed E-state index contributed by atoms with van der Waals surface area (Å²) in [6.45, 7) is 7.52. The van der Waals surface area contributed by atoms with Crippen LogP contribution in [0.2, 0.25) is 0 Å². The molecule has 0 saturated heterocycles. The van der Waals surface area contributed by atoms with Gasteiger partial charge in [0.25, 0.3) is 0 Å². The predicted molar refractivity (Wildman–Crippen MR) is 74.4 cm³/mol. The third-order valence-corrected chi connectivity index (χ3v) is 2.57. The molecule has 1 radical (unpaired) electrons. The Hall–Kier alpha value is -0.780. The van der Waals surface area contributed by atoms with Gasteiger partial charge in [-0.05, 0) is 44.9 Å². The molecule has 0 aliphatic rings. The highest BCUT2D eigenvalue weighted by Crippen LogP contribution is 2.04. The highest BCUT2D eigenvalue weighted by Gasteiger charge is 1.84. The van der Waals surface area contributed by atoms with Crippen LogP contribution in [0.4, 0.5) is 0 Å². The van der Waals surface area contributed by atoms with E-state index in [9.17, 15) is 0 Å². The van der Waals surface area contributed by atoms with Crippen molar-refractivity contribution in [1.82, 2.24) is 0 Å². The molecule has 0 atom stereocenters. The highest BCUT2D eigenvalue weighted by molar-refractivity contribution is 4.87. The van der Waals surface area contributed by atoms with E-state index in [0.29, 0.717) is 0 Å². The molecule has 0 aliphatic heterocycles. The second-order valence-electron chi connectivity index (χ2n) is 4.19. The minimum Gasteiger partial charge on any atom is -0.0885 e. The van der Waals surface area contributed by atoms with Gasteiger partial charge in [0.15, 0.2) is 0 Å². The number of hydrogen-bond acceptors (Lipinski definition) is 0. The summed E-state index contributed by atoms with van der Waals surface area (Å²) >= 11 is 0. The Labute approximate surface area is 102 Å². The molecular weight excluding hydrogens is 192 g/mol. The summed E-state index contributed by atoms with van der Waals surface area (Å²) in [6, 6.07) is 0. The van der Waals surface area contributed by atoms with Gasteiger partial charge in [-0.25, -0.2) is 0 Å². The fourth-order valence-corrected chi connectivity index (χ4v) is 1.56. The third-order valence-electron chi connectivity index (χ3n) is 2.57. The summed E-state index contributed by atoms with van der Waals surface area (Å²) < 4.78 is 0. The first-order valence-electron chi connectivity index (χ1n) is 6.75. The monoisotopic (exact) mass is 219 g/mol. The highest BCUT2D eigenvalue weighted by atomic mass is 13.9. The first-order chi connectivity index (χ1) is 7.91. The van der Waals surface area contributed by atoms with Gasteiger partial charge in [0.2, 0.25) is 0 Å². The van der Waals surface area contributed by atoms with Crippen molar-refractivity contribution in [1.29, 1.82) is 0 Å². The fraction of sp³-hybridized carbons (Fsp3) is 0.625. The van der Waals surface area contributed by atoms with Crippen LogP contribution >= 0.6 is 0 Å². The van der Waals surface area contributed by atoms with Crippen LogP contribution in [-0.2, 0) is 0 Å². The number of hydrogen-bond donors (Lipinski definition) is 0. The Kier molecular flexibility index (Phi) is 13.5. The summed E-state index contributed by atoms with van der Waals surface area (Å²) in [6.07, 6.45) is 22.0. The molecule has 0 fully saturated rings. The largest absolute Gasteiger partial charge is 0.0885 e. The van der Waals surface area contributed by atoms with Crippen molar-refractivity contribution in [2.24, 2.45) is 0 Å². The summed E-state index contributed by atoms with van der Waals surface area (Å²) in [7, 11) is 0. The topological polar surface area (TPSA) is 0 Å². The van der Waals surface area contributed by atoms with Crippen molar-refractivity contribution >= 4 is 0 Å². The predicted octanol–water partition coefficient (Wildman–Crippen LogP) is 5.62. The molecule has 91 valence electrons. The van der Waals surface area contributed by atoms with Gasteiger partial charge in [-0.2, -0.15) is 0 Å². The quantitative estimate of drug-likeness (QED) is 0.312. The maximum absolute atomic E-state index is 5.27. The van der Waals surface area contributed by atoms with Crippen LogP contribution in [0.5, 0.6) is 0 Å². The van der Waals surface area contributed by atoms with Gasteiger partial charge in [-0.1, -0.05) is 56.7 Å². The van der Waals surface area contributed by atoms with Crippen LogP contribution in [-0.4, -0.2) is 0 Å². The maximum atomic E-state index is 5.27. The SMILES string of the molecule is [CH]=CCC=CCCCCC=CCCCCC. The summed E-state index contributed by atoms with van der Waals surface area (Å²) in [5.41, 5.74) is 0. The fourth-order valence-electron chi connectivity index (χ4n) is 1.56. The van der Waals surface area contributed by atoms with Gasteiger partial charge in [0.05, 0.1) is 0 Å². The third kappa shape index (κ3) is 13.2. The lowest BCUT2D eigenvalue weighted by molar-refractivity contribution is 0.723. The molecule has 0 amide bonds. The first-order valence-corrected chi connectivity index (χ1v) is 6.75. The zero-order valence-corrected chi connectivity index (χ0v) is 10.8. The Morgan fingerprint density at radius 3 is 1.75 bits per heavy atom. The normalized spacial score (nSPS) is 11.6. The summed E-state index contributed by atoms with van der Waals surface area (Å²) in [5.74, 6) is 0. The lowest BCUT2D eigenvalue weighted by Gasteiger charge is -1.94. The average Bonchev–Trinajstić information content (AvgIpc) is 2.31. The van der Waals surface area contributed by atoms with Crippen molar-refractivity contribution < 1.29 is 0 Å². The lowest BCUT2D eigenvalue weighted by Crippen LogP contribution is -1.74. The molecule has 16 heavy (non-hydrogen) atoms. The minimum absolute atomic E-state index is 0.900. The van der Waals surface area contributed by atoms with E-state index >= 15 is 0 Å². The Morgan fingerprint density at radius 1 is 0.750 bits per heavy atom. The zero-order valence-electron chi connectivity index (χ0n) is 10.8. The molecule has 0 bridgehead atoms. The van der Waals surface area contributed by atoms with E-state index in [1.165, 1.54) is 51.4 Å². The zero-order chi connectivity index (χ0) is 11.9.